The maximum absolute atomic E-state index is 11.7. The third kappa shape index (κ3) is 9.62. The molecule has 0 radical (unpaired) electrons. The Morgan fingerprint density at radius 1 is 1.09 bits per heavy atom. The minimum atomic E-state index is -0.622. The number of carbonyl (C=O) groups is 4. The molecule has 1 aliphatic rings. The van der Waals surface area contributed by atoms with Gasteiger partial charge >= 0.3 is 0 Å². The minimum absolute atomic E-state index is 0.211. The number of unbranched alkanes of at least 4 members (excludes halogenated alkanes) is 3. The first-order valence-corrected chi connectivity index (χ1v) is 8.09. The monoisotopic (exact) mass is 329 g/mol. The van der Waals surface area contributed by atoms with Gasteiger partial charge in [-0.2, -0.15) is 0 Å². The molecule has 8 heteroatoms. The lowest BCUT2D eigenvalue weighted by Gasteiger charge is -2.21. The topological polar surface area (TPSA) is 125 Å². The van der Waals surface area contributed by atoms with E-state index in [4.69, 9.17) is 5.21 Å². The molecule has 0 aliphatic carbocycles. The fourth-order valence-corrected chi connectivity index (χ4v) is 2.08. The van der Waals surface area contributed by atoms with Crippen molar-refractivity contribution in [3.63, 3.8) is 0 Å². The molecule has 1 saturated heterocycles. The van der Waals surface area contributed by atoms with E-state index in [-0.39, 0.29) is 24.7 Å². The van der Waals surface area contributed by atoms with Crippen molar-refractivity contribution >= 4 is 23.6 Å². The molecule has 0 aromatic carbocycles. The van der Waals surface area contributed by atoms with Gasteiger partial charge in [0, 0.05) is 19.3 Å². The van der Waals surface area contributed by atoms with Crippen LogP contribution in [0.15, 0.2) is 0 Å². The zero-order valence-electron chi connectivity index (χ0n) is 13.8. The number of nitrogens with one attached hydrogen (secondary N) is 3. The normalized spacial score (nSPS) is 16.7. The molecule has 0 saturated carbocycles. The van der Waals surface area contributed by atoms with Crippen LogP contribution in [0.1, 0.15) is 65.2 Å². The quantitative estimate of drug-likeness (QED) is 0.227. The lowest BCUT2D eigenvalue weighted by atomic mass is 10.1. The highest BCUT2D eigenvalue weighted by molar-refractivity contribution is 6.01. The van der Waals surface area contributed by atoms with Crippen LogP contribution in [-0.2, 0) is 19.2 Å². The third-order valence-corrected chi connectivity index (χ3v) is 3.26. The van der Waals surface area contributed by atoms with Crippen LogP contribution in [0, 0.1) is 0 Å². The fourth-order valence-electron chi connectivity index (χ4n) is 2.08. The number of hydrogen-bond donors (Lipinski definition) is 4. The second kappa shape index (κ2) is 12.6. The second-order valence-corrected chi connectivity index (χ2v) is 5.02. The van der Waals surface area contributed by atoms with E-state index >= 15 is 0 Å². The minimum Gasteiger partial charge on any atom is -0.344 e. The molecule has 0 aromatic heterocycles. The van der Waals surface area contributed by atoms with E-state index in [1.807, 2.05) is 13.8 Å². The summed E-state index contributed by atoms with van der Waals surface area (Å²) in [4.78, 5) is 44.8. The van der Waals surface area contributed by atoms with Crippen LogP contribution in [0.5, 0.6) is 0 Å². The highest BCUT2D eigenvalue weighted by Gasteiger charge is 2.27. The summed E-state index contributed by atoms with van der Waals surface area (Å²) in [6, 6.07) is -0.622. The highest BCUT2D eigenvalue weighted by atomic mass is 16.5. The molecule has 1 heterocycles. The van der Waals surface area contributed by atoms with E-state index in [1.54, 1.807) is 5.48 Å². The van der Waals surface area contributed by atoms with Crippen LogP contribution in [0.3, 0.4) is 0 Å². The largest absolute Gasteiger partial charge is 0.344 e. The summed E-state index contributed by atoms with van der Waals surface area (Å²) in [5, 5.41) is 13.1. The van der Waals surface area contributed by atoms with Crippen molar-refractivity contribution in [1.82, 2.24) is 16.1 Å². The number of piperidine rings is 1. The molecular formula is C15H27N3O5. The van der Waals surface area contributed by atoms with Gasteiger partial charge in [-0.15, -0.1) is 0 Å². The molecule has 1 rings (SSSR count). The first-order chi connectivity index (χ1) is 11.0. The van der Waals surface area contributed by atoms with Crippen LogP contribution in [0.4, 0.5) is 0 Å². The van der Waals surface area contributed by atoms with Gasteiger partial charge in [-0.1, -0.05) is 26.7 Å². The van der Waals surface area contributed by atoms with E-state index in [0.29, 0.717) is 25.7 Å². The molecule has 4 N–H and O–H groups in total. The van der Waals surface area contributed by atoms with E-state index in [0.717, 1.165) is 12.8 Å². The van der Waals surface area contributed by atoms with E-state index in [1.165, 1.54) is 0 Å². The van der Waals surface area contributed by atoms with Crippen molar-refractivity contribution < 1.29 is 24.4 Å². The van der Waals surface area contributed by atoms with Crippen LogP contribution in [0.2, 0.25) is 0 Å². The number of hydrogen-bond acceptors (Lipinski definition) is 5. The van der Waals surface area contributed by atoms with Gasteiger partial charge in [0.05, 0.1) is 0 Å². The molecule has 8 nitrogen and oxygen atoms in total. The summed E-state index contributed by atoms with van der Waals surface area (Å²) in [5.41, 5.74) is 1.56. The van der Waals surface area contributed by atoms with Gasteiger partial charge in [-0.05, 0) is 19.3 Å². The van der Waals surface area contributed by atoms with Gasteiger partial charge in [0.2, 0.25) is 23.6 Å². The summed E-state index contributed by atoms with van der Waals surface area (Å²) < 4.78 is 0. The first-order valence-electron chi connectivity index (χ1n) is 8.09. The Morgan fingerprint density at radius 2 is 1.65 bits per heavy atom. The number of hydroxylamine groups is 1. The van der Waals surface area contributed by atoms with Crippen molar-refractivity contribution in [3.05, 3.63) is 0 Å². The van der Waals surface area contributed by atoms with Crippen LogP contribution >= 0.6 is 0 Å². The van der Waals surface area contributed by atoms with Gasteiger partial charge < -0.3 is 5.32 Å². The predicted molar refractivity (Wildman–Crippen MR) is 83.3 cm³/mol. The van der Waals surface area contributed by atoms with Gasteiger partial charge in [0.25, 0.3) is 0 Å². The molecule has 4 amide bonds. The summed E-state index contributed by atoms with van der Waals surface area (Å²) in [6.45, 7) is 4.00. The summed E-state index contributed by atoms with van der Waals surface area (Å²) >= 11 is 0. The fraction of sp³-hybridized carbons (Fsp3) is 0.733. The summed E-state index contributed by atoms with van der Waals surface area (Å²) in [7, 11) is 0. The molecule has 1 unspecified atom stereocenters. The molecule has 0 bridgehead atoms. The zero-order chi connectivity index (χ0) is 17.7. The van der Waals surface area contributed by atoms with Gasteiger partial charge in [-0.3, -0.25) is 29.7 Å². The van der Waals surface area contributed by atoms with Crippen LogP contribution < -0.4 is 16.1 Å². The Bertz CT molecular complexity index is 412. The smallest absolute Gasteiger partial charge is 0.249 e. The lowest BCUT2D eigenvalue weighted by molar-refractivity contribution is -0.137. The van der Waals surface area contributed by atoms with Crippen molar-refractivity contribution in [2.24, 2.45) is 0 Å². The summed E-state index contributed by atoms with van der Waals surface area (Å²) in [5.74, 6) is -1.38. The summed E-state index contributed by atoms with van der Waals surface area (Å²) in [6.07, 6.45) is 4.06. The molecule has 23 heavy (non-hydrogen) atoms. The number of rotatable bonds is 8. The molecule has 132 valence electrons. The maximum atomic E-state index is 11.7. The van der Waals surface area contributed by atoms with Crippen LogP contribution in [0.25, 0.3) is 0 Å². The van der Waals surface area contributed by atoms with E-state index < -0.39 is 17.9 Å². The Hall–Kier alpha value is -1.96. The second-order valence-electron chi connectivity index (χ2n) is 5.02. The number of carbonyl (C=O) groups excluding carboxylic acids is 4. The maximum Gasteiger partial charge on any atom is 0.249 e. The Balaban J connectivity index is 0.00000232. The average Bonchev–Trinajstić information content (AvgIpc) is 2.55. The lowest BCUT2D eigenvalue weighted by Crippen LogP contribution is -2.52. The first kappa shape index (κ1) is 21.0. The van der Waals surface area contributed by atoms with Crippen molar-refractivity contribution in [2.75, 3.05) is 0 Å². The molecular weight excluding hydrogens is 302 g/mol. The van der Waals surface area contributed by atoms with Crippen LogP contribution in [-0.4, -0.2) is 34.9 Å². The molecule has 1 fully saturated rings. The molecule has 1 aliphatic heterocycles. The Morgan fingerprint density at radius 3 is 2.17 bits per heavy atom. The Labute approximate surface area is 136 Å². The molecule has 0 aromatic rings. The van der Waals surface area contributed by atoms with Gasteiger partial charge in [0.1, 0.15) is 6.04 Å². The number of amides is 4. The zero-order valence-corrected chi connectivity index (χ0v) is 13.8. The molecule has 0 spiro atoms. The highest BCUT2D eigenvalue weighted by Crippen LogP contribution is 2.07. The van der Waals surface area contributed by atoms with Crippen molar-refractivity contribution in [1.29, 1.82) is 0 Å². The van der Waals surface area contributed by atoms with Crippen molar-refractivity contribution in [3.8, 4) is 0 Å². The standard InChI is InChI=1S/C13H21N3O5.C2H6/c17-10(5-3-1-2-4-6-12(19)16-21)14-9-7-8-11(18)15-13(9)20;1-2/h9,21H,1-8H2,(H,14,17)(H,16,19)(H,15,18,20);1-2H3. The van der Waals surface area contributed by atoms with E-state index in [2.05, 4.69) is 10.6 Å². The number of imide groups is 1. The van der Waals surface area contributed by atoms with Crippen molar-refractivity contribution in [2.45, 2.75) is 71.3 Å². The predicted octanol–water partition coefficient (Wildman–Crippen LogP) is 0.780. The van der Waals surface area contributed by atoms with Gasteiger partial charge in [-0.25, -0.2) is 5.48 Å². The van der Waals surface area contributed by atoms with E-state index in [9.17, 15) is 19.2 Å². The third-order valence-electron chi connectivity index (χ3n) is 3.26. The SMILES string of the molecule is CC.O=C(CCCCCCC(=O)NC1CCC(=O)NC1=O)NO. The average molecular weight is 329 g/mol. The molecule has 1 atom stereocenters. The van der Waals surface area contributed by atoms with Gasteiger partial charge in [0.15, 0.2) is 0 Å². The Kier molecular flexibility index (Phi) is 11.5.